The largest absolute Gasteiger partial charge is 0.460 e. The van der Waals surface area contributed by atoms with Crippen molar-refractivity contribution in [1.82, 2.24) is 4.57 Å². The average Bonchev–Trinajstić information content (AvgIpc) is 3.62. The number of aromatic nitrogens is 1. The van der Waals surface area contributed by atoms with E-state index in [0.29, 0.717) is 18.3 Å². The van der Waals surface area contributed by atoms with Crippen molar-refractivity contribution < 1.29 is 4.42 Å². The van der Waals surface area contributed by atoms with Gasteiger partial charge >= 0.3 is 0 Å². The SMILES string of the molecule is N/C(=N\C(=N/Cc1ccccc1)c1ccccc1)n1c2ccccc2c2cc(-c3ccc4oc5c(c4c3)C=CCC5)ccc21. The van der Waals surface area contributed by atoms with Crippen LogP contribution in [0.5, 0.6) is 0 Å². The molecular formula is C39H30N4O. The maximum absolute atomic E-state index is 6.86. The molecule has 212 valence electrons. The number of hydrogen-bond donors (Lipinski definition) is 1. The van der Waals surface area contributed by atoms with Crippen LogP contribution in [0.25, 0.3) is 50.0 Å². The molecule has 0 bridgehead atoms. The number of nitrogens with two attached hydrogens (primary N) is 1. The molecule has 2 heterocycles. The minimum atomic E-state index is 0.373. The summed E-state index contributed by atoms with van der Waals surface area (Å²) in [6.45, 7) is 0.512. The molecule has 0 spiro atoms. The van der Waals surface area contributed by atoms with Gasteiger partial charge in [0.05, 0.1) is 17.6 Å². The van der Waals surface area contributed by atoms with Gasteiger partial charge in [0.1, 0.15) is 11.3 Å². The Balaban J connectivity index is 1.25. The number of amidine groups is 1. The Kier molecular flexibility index (Phi) is 6.42. The molecule has 44 heavy (non-hydrogen) atoms. The van der Waals surface area contributed by atoms with Gasteiger partial charge in [0, 0.05) is 33.7 Å². The lowest BCUT2D eigenvalue weighted by molar-refractivity contribution is 0.546. The molecule has 7 aromatic rings. The van der Waals surface area contributed by atoms with Crippen molar-refractivity contribution in [2.45, 2.75) is 19.4 Å². The third-order valence-electron chi connectivity index (χ3n) is 8.37. The lowest BCUT2D eigenvalue weighted by Crippen LogP contribution is -2.24. The monoisotopic (exact) mass is 570 g/mol. The van der Waals surface area contributed by atoms with Crippen LogP contribution < -0.4 is 5.73 Å². The van der Waals surface area contributed by atoms with Gasteiger partial charge in [0.25, 0.3) is 0 Å². The Morgan fingerprint density at radius 1 is 0.727 bits per heavy atom. The third kappa shape index (κ3) is 4.59. The molecule has 0 unspecified atom stereocenters. The summed E-state index contributed by atoms with van der Waals surface area (Å²) in [6.07, 6.45) is 6.40. The summed E-state index contributed by atoms with van der Waals surface area (Å²) >= 11 is 0. The zero-order valence-corrected chi connectivity index (χ0v) is 24.2. The number of hydrogen-bond acceptors (Lipinski definition) is 2. The van der Waals surface area contributed by atoms with Crippen molar-refractivity contribution in [3.8, 4) is 11.1 Å². The number of benzene rings is 5. The standard InChI is InChI=1S/C39H30N4O/c40-39(42-38(27-13-5-2-6-14-27)41-25-26-11-3-1-4-12-26)43-34-17-9-7-15-30(34)32-23-28(19-21-35(32)43)29-20-22-37-33(24-29)31-16-8-10-18-36(31)44-37/h1-9,11-17,19-24H,10,18,25H2,(H2,40,41,42). The number of fused-ring (bicyclic) bond motifs is 6. The lowest BCUT2D eigenvalue weighted by Gasteiger charge is -2.09. The highest BCUT2D eigenvalue weighted by atomic mass is 16.3. The maximum Gasteiger partial charge on any atom is 0.207 e. The van der Waals surface area contributed by atoms with Crippen LogP contribution in [0.15, 0.2) is 142 Å². The van der Waals surface area contributed by atoms with Gasteiger partial charge in [-0.25, -0.2) is 0 Å². The Hall–Kier alpha value is -5.68. The van der Waals surface area contributed by atoms with E-state index in [1.54, 1.807) is 0 Å². The Bertz CT molecular complexity index is 2250. The number of rotatable bonds is 4. The van der Waals surface area contributed by atoms with Crippen molar-refractivity contribution in [3.63, 3.8) is 0 Å². The molecule has 0 amide bonds. The first-order valence-electron chi connectivity index (χ1n) is 15.0. The molecule has 2 N–H and O–H groups in total. The van der Waals surface area contributed by atoms with E-state index in [0.717, 1.165) is 73.6 Å². The fourth-order valence-electron chi connectivity index (χ4n) is 6.22. The number of nitrogens with zero attached hydrogens (tertiary/aromatic N) is 3. The molecule has 0 radical (unpaired) electrons. The summed E-state index contributed by atoms with van der Waals surface area (Å²) < 4.78 is 8.19. The minimum Gasteiger partial charge on any atom is -0.460 e. The van der Waals surface area contributed by atoms with E-state index in [1.165, 1.54) is 5.56 Å². The van der Waals surface area contributed by atoms with Gasteiger partial charge in [0.2, 0.25) is 5.96 Å². The van der Waals surface area contributed by atoms with Crippen LogP contribution >= 0.6 is 0 Å². The Labute approximate surface area is 255 Å². The van der Waals surface area contributed by atoms with Crippen LogP contribution in [0.2, 0.25) is 0 Å². The molecule has 8 rings (SSSR count). The molecule has 5 aromatic carbocycles. The first-order valence-corrected chi connectivity index (χ1v) is 15.0. The fraction of sp³-hybridized carbons (Fsp3) is 0.0769. The molecule has 1 aliphatic carbocycles. The van der Waals surface area contributed by atoms with E-state index in [9.17, 15) is 0 Å². The summed E-state index contributed by atoms with van der Waals surface area (Å²) in [5, 5.41) is 3.40. The highest BCUT2D eigenvalue weighted by Crippen LogP contribution is 2.36. The summed E-state index contributed by atoms with van der Waals surface area (Å²) in [5.41, 5.74) is 15.3. The third-order valence-corrected chi connectivity index (χ3v) is 8.37. The zero-order chi connectivity index (χ0) is 29.5. The van der Waals surface area contributed by atoms with Crippen LogP contribution in [0.1, 0.15) is 28.9 Å². The van der Waals surface area contributed by atoms with Crippen molar-refractivity contribution in [3.05, 3.63) is 150 Å². The minimum absolute atomic E-state index is 0.373. The smallest absolute Gasteiger partial charge is 0.207 e. The summed E-state index contributed by atoms with van der Waals surface area (Å²) in [7, 11) is 0. The number of furan rings is 1. The van der Waals surface area contributed by atoms with Gasteiger partial charge in [-0.05, 0) is 53.4 Å². The van der Waals surface area contributed by atoms with Gasteiger partial charge < -0.3 is 10.2 Å². The Morgan fingerprint density at radius 3 is 2.27 bits per heavy atom. The van der Waals surface area contributed by atoms with Gasteiger partial charge in [-0.1, -0.05) is 103 Å². The van der Waals surface area contributed by atoms with Crippen molar-refractivity contribution in [1.29, 1.82) is 0 Å². The second kappa shape index (κ2) is 10.9. The van der Waals surface area contributed by atoms with Crippen LogP contribution in [-0.4, -0.2) is 16.4 Å². The summed E-state index contributed by atoms with van der Waals surface area (Å²) in [6, 6.07) is 41.6. The van der Waals surface area contributed by atoms with E-state index in [1.807, 2.05) is 59.2 Å². The quantitative estimate of drug-likeness (QED) is 0.169. The van der Waals surface area contributed by atoms with E-state index < -0.39 is 0 Å². The first kappa shape index (κ1) is 26.0. The topological polar surface area (TPSA) is 68.8 Å². The molecule has 0 atom stereocenters. The maximum atomic E-state index is 6.86. The van der Waals surface area contributed by atoms with Crippen LogP contribution in [0, 0.1) is 0 Å². The molecular weight excluding hydrogens is 540 g/mol. The second-order valence-corrected chi connectivity index (χ2v) is 11.1. The zero-order valence-electron chi connectivity index (χ0n) is 24.2. The predicted octanol–water partition coefficient (Wildman–Crippen LogP) is 8.98. The number of para-hydroxylation sites is 1. The van der Waals surface area contributed by atoms with E-state index in [2.05, 4.69) is 78.9 Å². The highest BCUT2D eigenvalue weighted by Gasteiger charge is 2.17. The van der Waals surface area contributed by atoms with Gasteiger partial charge in [-0.15, -0.1) is 0 Å². The fourth-order valence-corrected chi connectivity index (χ4v) is 6.22. The molecule has 1 aliphatic rings. The molecule has 5 nitrogen and oxygen atoms in total. The average molecular weight is 571 g/mol. The summed E-state index contributed by atoms with van der Waals surface area (Å²) in [5.74, 6) is 2.05. The van der Waals surface area contributed by atoms with Crippen LogP contribution in [-0.2, 0) is 13.0 Å². The van der Waals surface area contributed by atoms with Crippen LogP contribution in [0.4, 0.5) is 0 Å². The van der Waals surface area contributed by atoms with Crippen molar-refractivity contribution >= 4 is 50.6 Å². The summed E-state index contributed by atoms with van der Waals surface area (Å²) in [4.78, 5) is 9.85. The highest BCUT2D eigenvalue weighted by molar-refractivity contribution is 6.16. The van der Waals surface area contributed by atoms with Gasteiger partial charge in [-0.3, -0.25) is 9.56 Å². The van der Waals surface area contributed by atoms with Crippen molar-refractivity contribution in [2.75, 3.05) is 0 Å². The number of allylic oxidation sites excluding steroid dienone is 1. The predicted molar refractivity (Wildman–Crippen MR) is 182 cm³/mol. The Morgan fingerprint density at radius 2 is 1.43 bits per heavy atom. The molecule has 0 aliphatic heterocycles. The molecule has 0 saturated carbocycles. The second-order valence-electron chi connectivity index (χ2n) is 11.1. The van der Waals surface area contributed by atoms with Crippen molar-refractivity contribution in [2.24, 2.45) is 15.7 Å². The molecule has 0 saturated heterocycles. The molecule has 5 heteroatoms. The lowest BCUT2D eigenvalue weighted by atomic mass is 9.98. The first-order chi connectivity index (χ1) is 21.7. The van der Waals surface area contributed by atoms with E-state index in [4.69, 9.17) is 20.1 Å². The molecule has 2 aromatic heterocycles. The van der Waals surface area contributed by atoms with Crippen LogP contribution in [0.3, 0.4) is 0 Å². The normalized spacial score (nSPS) is 13.6. The van der Waals surface area contributed by atoms with Gasteiger partial charge in [-0.2, -0.15) is 4.99 Å². The van der Waals surface area contributed by atoms with E-state index in [-0.39, 0.29) is 0 Å². The van der Waals surface area contributed by atoms with Gasteiger partial charge in [0.15, 0.2) is 5.84 Å². The number of aryl methyl sites for hydroxylation is 1. The van der Waals surface area contributed by atoms with E-state index >= 15 is 0 Å². The molecule has 0 fully saturated rings. The number of aliphatic imine (C=N–C) groups is 2.